The van der Waals surface area contributed by atoms with Crippen LogP contribution in [-0.4, -0.2) is 51.8 Å². The average Bonchev–Trinajstić information content (AvgIpc) is 3.07. The van der Waals surface area contributed by atoms with Crippen LogP contribution in [0, 0.1) is 20.2 Å². The number of rotatable bonds is 9. The van der Waals surface area contributed by atoms with Gasteiger partial charge in [0.15, 0.2) is 0 Å². The summed E-state index contributed by atoms with van der Waals surface area (Å²) in [6.07, 6.45) is 1.08. The highest BCUT2D eigenvalue weighted by molar-refractivity contribution is 5.99. The minimum absolute atomic E-state index is 0.00444. The topological polar surface area (TPSA) is 178 Å². The highest BCUT2D eigenvalue weighted by Gasteiger charge is 2.42. The third-order valence-electron chi connectivity index (χ3n) is 4.55. The molecule has 1 aliphatic rings. The maximum absolute atomic E-state index is 12.9. The Morgan fingerprint density at radius 3 is 2.29 bits per heavy atom. The molecule has 1 atom stereocenters. The number of methoxy groups -OCH3 is 1. The maximum Gasteiger partial charge on any atom is 0.342 e. The van der Waals surface area contributed by atoms with Gasteiger partial charge in [-0.3, -0.25) is 0 Å². The lowest BCUT2D eigenvalue weighted by molar-refractivity contribution is -0.757. The number of nitrogens with one attached hydrogen (secondary N) is 1. The number of nitrogens with zero attached hydrogens (tertiary/aromatic N) is 4. The Morgan fingerprint density at radius 2 is 1.77 bits per heavy atom. The molecule has 0 radical (unpaired) electrons. The SMILES string of the molecule is COC(=O)C1=C(C)NC(C)=C(C(=O)OCCCO[N+](=O)[O-])C1c1ncc([N+](=O)[O-])n1C. The predicted octanol–water partition coefficient (Wildman–Crippen LogP) is 0.878. The summed E-state index contributed by atoms with van der Waals surface area (Å²) >= 11 is 0. The lowest BCUT2D eigenvalue weighted by atomic mass is 9.84. The van der Waals surface area contributed by atoms with Crippen LogP contribution >= 0.6 is 0 Å². The molecule has 0 saturated heterocycles. The second-order valence-corrected chi connectivity index (χ2v) is 6.46. The van der Waals surface area contributed by atoms with Crippen LogP contribution in [0.2, 0.25) is 0 Å². The van der Waals surface area contributed by atoms with Gasteiger partial charge in [-0.2, -0.15) is 0 Å². The van der Waals surface area contributed by atoms with Crippen molar-refractivity contribution in [3.05, 3.63) is 54.8 Å². The monoisotopic (exact) mass is 439 g/mol. The van der Waals surface area contributed by atoms with Crippen molar-refractivity contribution >= 4 is 17.8 Å². The lowest BCUT2D eigenvalue weighted by Gasteiger charge is -2.28. The largest absolute Gasteiger partial charge is 0.466 e. The number of hydrogen-bond donors (Lipinski definition) is 1. The second kappa shape index (κ2) is 9.69. The molecule has 1 aliphatic heterocycles. The van der Waals surface area contributed by atoms with Crippen LogP contribution in [0.3, 0.4) is 0 Å². The van der Waals surface area contributed by atoms with Gasteiger partial charge in [-0.15, -0.1) is 10.1 Å². The summed E-state index contributed by atoms with van der Waals surface area (Å²) in [5.41, 5.74) is 0.786. The zero-order valence-corrected chi connectivity index (χ0v) is 17.2. The molecule has 2 heterocycles. The Bertz CT molecular complexity index is 979. The molecule has 0 aliphatic carbocycles. The molecule has 0 spiro atoms. The van der Waals surface area contributed by atoms with Crippen molar-refractivity contribution in [3.8, 4) is 0 Å². The van der Waals surface area contributed by atoms with Crippen LogP contribution in [-0.2, 0) is 30.9 Å². The number of carbonyl (C=O) groups excluding carboxylic acids is 2. The van der Waals surface area contributed by atoms with Crippen LogP contribution in [0.25, 0.3) is 0 Å². The first-order valence-electron chi connectivity index (χ1n) is 8.97. The minimum atomic E-state index is -1.10. The van der Waals surface area contributed by atoms with E-state index in [2.05, 4.69) is 15.1 Å². The van der Waals surface area contributed by atoms with Crippen LogP contribution in [0.15, 0.2) is 28.7 Å². The summed E-state index contributed by atoms with van der Waals surface area (Å²) in [5.74, 6) is -2.95. The third-order valence-corrected chi connectivity index (χ3v) is 4.55. The number of nitro groups is 1. The first-order chi connectivity index (χ1) is 14.6. The summed E-state index contributed by atoms with van der Waals surface area (Å²) in [6, 6.07) is 0. The fourth-order valence-electron chi connectivity index (χ4n) is 3.20. The summed E-state index contributed by atoms with van der Waals surface area (Å²) in [6.45, 7) is 2.72. The maximum atomic E-state index is 12.9. The first-order valence-corrected chi connectivity index (χ1v) is 8.97. The molecule has 168 valence electrons. The number of allylic oxidation sites excluding steroid dienone is 2. The van der Waals surface area contributed by atoms with Gasteiger partial charge in [-0.1, -0.05) is 0 Å². The smallest absolute Gasteiger partial charge is 0.342 e. The van der Waals surface area contributed by atoms with E-state index in [1.165, 1.54) is 14.2 Å². The van der Waals surface area contributed by atoms with Gasteiger partial charge in [0.2, 0.25) is 5.82 Å². The van der Waals surface area contributed by atoms with Crippen LogP contribution in [0.5, 0.6) is 0 Å². The summed E-state index contributed by atoms with van der Waals surface area (Å²) in [7, 11) is 2.55. The molecule has 1 unspecified atom stereocenters. The van der Waals surface area contributed by atoms with Crippen molar-refractivity contribution in [1.29, 1.82) is 0 Å². The molecule has 14 nitrogen and oxygen atoms in total. The average molecular weight is 439 g/mol. The highest BCUT2D eigenvalue weighted by Crippen LogP contribution is 2.39. The first kappa shape index (κ1) is 23.3. The Balaban J connectivity index is 2.43. The number of esters is 2. The molecule has 1 aromatic rings. The number of ether oxygens (including phenoxy) is 2. The van der Waals surface area contributed by atoms with E-state index in [0.717, 1.165) is 10.8 Å². The van der Waals surface area contributed by atoms with E-state index >= 15 is 0 Å². The fraction of sp³-hybridized carbons (Fsp3) is 0.471. The van der Waals surface area contributed by atoms with E-state index in [4.69, 9.17) is 9.47 Å². The molecule has 0 amide bonds. The molecule has 0 aromatic carbocycles. The quantitative estimate of drug-likeness (QED) is 0.250. The minimum Gasteiger partial charge on any atom is -0.466 e. The van der Waals surface area contributed by atoms with Gasteiger partial charge in [-0.05, 0) is 18.8 Å². The van der Waals surface area contributed by atoms with E-state index in [1.54, 1.807) is 13.8 Å². The van der Waals surface area contributed by atoms with Gasteiger partial charge in [0.1, 0.15) is 12.1 Å². The number of dihydropyridines is 1. The number of carbonyl (C=O) groups is 2. The van der Waals surface area contributed by atoms with Gasteiger partial charge in [0.05, 0.1) is 38.5 Å². The molecule has 1 aromatic heterocycles. The lowest BCUT2D eigenvalue weighted by Crippen LogP contribution is -2.33. The normalized spacial score (nSPS) is 15.9. The molecular formula is C17H21N5O9. The van der Waals surface area contributed by atoms with Crippen molar-refractivity contribution in [2.45, 2.75) is 26.2 Å². The summed E-state index contributed by atoms with van der Waals surface area (Å²) in [4.78, 5) is 54.4. The zero-order chi connectivity index (χ0) is 23.3. The van der Waals surface area contributed by atoms with Gasteiger partial charge in [-0.25, -0.2) is 19.1 Å². The van der Waals surface area contributed by atoms with E-state index in [1.807, 2.05) is 0 Å². The Morgan fingerprint density at radius 1 is 1.16 bits per heavy atom. The number of imidazole rings is 1. The van der Waals surface area contributed by atoms with E-state index in [-0.39, 0.29) is 42.4 Å². The van der Waals surface area contributed by atoms with Crippen molar-refractivity contribution < 1.29 is 33.9 Å². The van der Waals surface area contributed by atoms with E-state index < -0.39 is 27.9 Å². The Kier molecular flexibility index (Phi) is 7.28. The van der Waals surface area contributed by atoms with Crippen LogP contribution in [0.1, 0.15) is 32.0 Å². The van der Waals surface area contributed by atoms with Gasteiger partial charge < -0.3 is 29.7 Å². The van der Waals surface area contributed by atoms with Crippen molar-refractivity contribution in [2.24, 2.45) is 7.05 Å². The Labute approximate surface area is 175 Å². The number of aromatic nitrogens is 2. The second-order valence-electron chi connectivity index (χ2n) is 6.46. The number of hydrogen-bond acceptors (Lipinski definition) is 11. The van der Waals surface area contributed by atoms with Gasteiger partial charge >= 0.3 is 17.8 Å². The van der Waals surface area contributed by atoms with Crippen LogP contribution < -0.4 is 5.32 Å². The molecule has 0 saturated carbocycles. The molecular weight excluding hydrogens is 418 g/mol. The summed E-state index contributed by atoms with van der Waals surface area (Å²) in [5, 5.41) is 23.4. The third kappa shape index (κ3) is 4.96. The molecule has 1 N–H and O–H groups in total. The zero-order valence-electron chi connectivity index (χ0n) is 17.2. The highest BCUT2D eigenvalue weighted by atomic mass is 16.9. The van der Waals surface area contributed by atoms with Gasteiger partial charge in [0, 0.05) is 17.8 Å². The van der Waals surface area contributed by atoms with E-state index in [9.17, 15) is 29.8 Å². The van der Waals surface area contributed by atoms with Crippen molar-refractivity contribution in [1.82, 2.24) is 14.9 Å². The molecule has 31 heavy (non-hydrogen) atoms. The molecule has 2 rings (SSSR count). The predicted molar refractivity (Wildman–Crippen MR) is 102 cm³/mol. The van der Waals surface area contributed by atoms with E-state index in [0.29, 0.717) is 11.4 Å². The molecule has 14 heteroatoms. The van der Waals surface area contributed by atoms with Crippen LogP contribution in [0.4, 0.5) is 5.82 Å². The Hall–Kier alpha value is -3.97. The van der Waals surface area contributed by atoms with Gasteiger partial charge in [0.25, 0.3) is 5.09 Å². The standard InChI is InChI=1S/C17H21N5O9/c1-9-12(16(23)29-4)14(15-18-8-11(20(15)3)21(25)26)13(10(2)19-9)17(24)30-6-5-7-31-22(27)28/h8,14,19H,5-7H2,1-4H3. The van der Waals surface area contributed by atoms with Crippen molar-refractivity contribution in [3.63, 3.8) is 0 Å². The van der Waals surface area contributed by atoms with Crippen molar-refractivity contribution in [2.75, 3.05) is 20.3 Å². The summed E-state index contributed by atoms with van der Waals surface area (Å²) < 4.78 is 11.2. The molecule has 0 fully saturated rings. The molecule has 0 bridgehead atoms. The fourth-order valence-corrected chi connectivity index (χ4v) is 3.20.